The second-order valence-electron chi connectivity index (χ2n) is 8.13. The molecule has 0 bridgehead atoms. The fourth-order valence-electron chi connectivity index (χ4n) is 3.82. The van der Waals surface area contributed by atoms with E-state index in [4.69, 9.17) is 0 Å². The van der Waals surface area contributed by atoms with Gasteiger partial charge in [0, 0.05) is 50.9 Å². The summed E-state index contributed by atoms with van der Waals surface area (Å²) in [5.41, 5.74) is -3.82. The van der Waals surface area contributed by atoms with Gasteiger partial charge in [0.05, 0.1) is 11.1 Å². The van der Waals surface area contributed by atoms with E-state index in [-0.39, 0.29) is 18.6 Å². The van der Waals surface area contributed by atoms with Crippen molar-refractivity contribution in [2.75, 3.05) is 46.3 Å². The molecule has 1 atom stereocenters. The molecule has 6 nitrogen and oxygen atoms in total. The zero-order valence-corrected chi connectivity index (χ0v) is 17.4. The van der Waals surface area contributed by atoms with Crippen LogP contribution in [0.3, 0.4) is 0 Å². The monoisotopic (exact) mass is 466 g/mol. The van der Waals surface area contributed by atoms with E-state index in [0.29, 0.717) is 44.6 Å². The number of amides is 3. The van der Waals surface area contributed by atoms with Gasteiger partial charge in [0.1, 0.15) is 0 Å². The number of benzene rings is 1. The topological polar surface area (TPSA) is 55.9 Å². The normalized spacial score (nSPS) is 20.9. The molecular weight excluding hydrogens is 442 g/mol. The van der Waals surface area contributed by atoms with Crippen LogP contribution < -0.4 is 5.32 Å². The zero-order chi connectivity index (χ0) is 23.7. The van der Waals surface area contributed by atoms with Gasteiger partial charge in [-0.3, -0.25) is 4.79 Å². The number of piperazine rings is 1. The lowest BCUT2D eigenvalue weighted by atomic mass is 10.0. The average Bonchev–Trinajstić information content (AvgIpc) is 2.72. The van der Waals surface area contributed by atoms with Crippen LogP contribution in [0.5, 0.6) is 0 Å². The summed E-state index contributed by atoms with van der Waals surface area (Å²) in [7, 11) is 1.95. The summed E-state index contributed by atoms with van der Waals surface area (Å²) in [6.45, 7) is 3.20. The van der Waals surface area contributed by atoms with Gasteiger partial charge < -0.3 is 20.0 Å². The van der Waals surface area contributed by atoms with Crippen molar-refractivity contribution < 1.29 is 35.9 Å². The van der Waals surface area contributed by atoms with Crippen molar-refractivity contribution in [1.29, 1.82) is 0 Å². The third-order valence-corrected chi connectivity index (χ3v) is 5.65. The Balaban J connectivity index is 1.70. The molecule has 32 heavy (non-hydrogen) atoms. The lowest BCUT2D eigenvalue weighted by Crippen LogP contribution is -2.56. The Hall–Kier alpha value is -2.50. The van der Waals surface area contributed by atoms with Crippen LogP contribution in [0.1, 0.15) is 34.3 Å². The molecule has 3 amide bonds. The minimum atomic E-state index is -5.03. The fraction of sp³-hybridized carbons (Fsp3) is 0.600. The summed E-state index contributed by atoms with van der Waals surface area (Å²) in [6, 6.07) is 0.0293. The van der Waals surface area contributed by atoms with Gasteiger partial charge in [0.25, 0.3) is 5.91 Å². The van der Waals surface area contributed by atoms with Crippen molar-refractivity contribution in [2.24, 2.45) is 0 Å². The van der Waals surface area contributed by atoms with Crippen LogP contribution in [0.2, 0.25) is 0 Å². The average molecular weight is 466 g/mol. The number of alkyl halides is 6. The van der Waals surface area contributed by atoms with Crippen molar-refractivity contribution in [2.45, 2.75) is 31.2 Å². The van der Waals surface area contributed by atoms with Gasteiger partial charge in [-0.1, -0.05) is 0 Å². The summed E-state index contributed by atoms with van der Waals surface area (Å²) in [6.07, 6.45) is -9.05. The molecule has 0 saturated carbocycles. The standard InChI is InChI=1S/C20H24F6N4O2/c1-28-5-7-29(8-6-28)18(32)30-4-2-3-16(12-30)27-17(31)13-9-14(19(21,22)23)11-15(10-13)20(24,25)26/h9-11,16H,2-8,12H2,1H3,(H,27,31). The Morgan fingerprint density at radius 1 is 0.875 bits per heavy atom. The molecule has 2 aliphatic heterocycles. The number of likely N-dealkylation sites (N-methyl/N-ethyl adjacent to an activating group) is 1. The largest absolute Gasteiger partial charge is 0.416 e. The zero-order valence-electron chi connectivity index (χ0n) is 17.4. The predicted octanol–water partition coefficient (Wildman–Crippen LogP) is 3.29. The van der Waals surface area contributed by atoms with Crippen molar-refractivity contribution in [3.8, 4) is 0 Å². The highest BCUT2D eigenvalue weighted by molar-refractivity contribution is 5.95. The van der Waals surface area contributed by atoms with E-state index < -0.39 is 41.0 Å². The number of halogens is 6. The molecule has 2 aliphatic rings. The second kappa shape index (κ2) is 9.16. The Morgan fingerprint density at radius 3 is 1.97 bits per heavy atom. The minimum absolute atomic E-state index is 0.0200. The maximum Gasteiger partial charge on any atom is 0.416 e. The number of carbonyl (C=O) groups excluding carboxylic acids is 2. The van der Waals surface area contributed by atoms with E-state index in [2.05, 4.69) is 10.2 Å². The van der Waals surface area contributed by atoms with Gasteiger partial charge in [-0.05, 0) is 38.1 Å². The van der Waals surface area contributed by atoms with Crippen molar-refractivity contribution in [3.05, 3.63) is 34.9 Å². The maximum atomic E-state index is 13.0. The number of piperidine rings is 1. The van der Waals surface area contributed by atoms with E-state index in [1.807, 2.05) is 7.05 Å². The third kappa shape index (κ3) is 5.84. The van der Waals surface area contributed by atoms with Gasteiger partial charge in [0.15, 0.2) is 0 Å². The van der Waals surface area contributed by atoms with Gasteiger partial charge in [-0.15, -0.1) is 0 Å². The minimum Gasteiger partial charge on any atom is -0.348 e. The maximum absolute atomic E-state index is 13.0. The molecule has 1 aromatic rings. The number of hydrogen-bond acceptors (Lipinski definition) is 3. The van der Waals surface area contributed by atoms with Crippen LogP contribution in [0, 0.1) is 0 Å². The highest BCUT2D eigenvalue weighted by atomic mass is 19.4. The number of urea groups is 1. The third-order valence-electron chi connectivity index (χ3n) is 5.65. The van der Waals surface area contributed by atoms with Crippen LogP contribution >= 0.6 is 0 Å². The molecule has 0 aromatic heterocycles. The van der Waals surface area contributed by atoms with Crippen LogP contribution in [0.15, 0.2) is 18.2 Å². The summed E-state index contributed by atoms with van der Waals surface area (Å²) in [5.74, 6) is -1.04. The first kappa shape index (κ1) is 24.1. The van der Waals surface area contributed by atoms with E-state index in [9.17, 15) is 35.9 Å². The summed E-state index contributed by atoms with van der Waals surface area (Å²) < 4.78 is 78.3. The molecule has 0 aliphatic carbocycles. The Labute approximate surface area is 181 Å². The number of likely N-dealkylation sites (tertiary alicyclic amines) is 1. The Kier molecular flexibility index (Phi) is 6.91. The molecule has 1 aromatic carbocycles. The molecule has 2 saturated heterocycles. The molecule has 1 unspecified atom stereocenters. The van der Waals surface area contributed by atoms with E-state index in [1.165, 1.54) is 0 Å². The highest BCUT2D eigenvalue weighted by Gasteiger charge is 2.38. The van der Waals surface area contributed by atoms with Gasteiger partial charge in [-0.25, -0.2) is 4.79 Å². The number of nitrogens with one attached hydrogen (secondary N) is 1. The number of nitrogens with zero attached hydrogens (tertiary/aromatic N) is 3. The molecule has 178 valence electrons. The smallest absolute Gasteiger partial charge is 0.348 e. The quantitative estimate of drug-likeness (QED) is 0.681. The van der Waals surface area contributed by atoms with Crippen molar-refractivity contribution >= 4 is 11.9 Å². The second-order valence-corrected chi connectivity index (χ2v) is 8.13. The fourth-order valence-corrected chi connectivity index (χ4v) is 3.82. The molecule has 12 heteroatoms. The molecular formula is C20H24F6N4O2. The first-order chi connectivity index (χ1) is 14.8. The molecule has 3 rings (SSSR count). The van der Waals surface area contributed by atoms with E-state index in [0.717, 1.165) is 13.1 Å². The van der Waals surface area contributed by atoms with Crippen molar-refractivity contribution in [3.63, 3.8) is 0 Å². The SMILES string of the molecule is CN1CCN(C(=O)N2CCCC(NC(=O)c3cc(C(F)(F)F)cc(C(F)(F)F)c3)C2)CC1. The molecule has 1 N–H and O–H groups in total. The highest BCUT2D eigenvalue weighted by Crippen LogP contribution is 2.36. The molecule has 2 heterocycles. The first-order valence-corrected chi connectivity index (χ1v) is 10.2. The number of hydrogen-bond donors (Lipinski definition) is 1. The van der Waals surface area contributed by atoms with Gasteiger partial charge in [-0.2, -0.15) is 26.3 Å². The van der Waals surface area contributed by atoms with E-state index in [1.54, 1.807) is 9.80 Å². The number of carbonyl (C=O) groups is 2. The first-order valence-electron chi connectivity index (χ1n) is 10.2. The van der Waals surface area contributed by atoms with E-state index >= 15 is 0 Å². The van der Waals surface area contributed by atoms with Crippen LogP contribution in [-0.4, -0.2) is 79.0 Å². The number of rotatable bonds is 2. The van der Waals surface area contributed by atoms with Crippen molar-refractivity contribution in [1.82, 2.24) is 20.0 Å². The Morgan fingerprint density at radius 2 is 1.44 bits per heavy atom. The lowest BCUT2D eigenvalue weighted by Gasteiger charge is -2.39. The molecule has 2 fully saturated rings. The van der Waals surface area contributed by atoms with Crippen LogP contribution in [-0.2, 0) is 12.4 Å². The predicted molar refractivity (Wildman–Crippen MR) is 103 cm³/mol. The summed E-state index contributed by atoms with van der Waals surface area (Å²) in [5, 5.41) is 2.49. The van der Waals surface area contributed by atoms with Gasteiger partial charge >= 0.3 is 18.4 Å². The lowest BCUT2D eigenvalue weighted by molar-refractivity contribution is -0.143. The summed E-state index contributed by atoms with van der Waals surface area (Å²) in [4.78, 5) is 30.6. The summed E-state index contributed by atoms with van der Waals surface area (Å²) >= 11 is 0. The van der Waals surface area contributed by atoms with Gasteiger partial charge in [0.2, 0.25) is 0 Å². The van der Waals surface area contributed by atoms with Crippen LogP contribution in [0.25, 0.3) is 0 Å². The molecule has 0 radical (unpaired) electrons. The Bertz CT molecular complexity index is 817. The van der Waals surface area contributed by atoms with Crippen LogP contribution in [0.4, 0.5) is 31.1 Å². The molecule has 0 spiro atoms.